The number of fused-ring (bicyclic) bond motifs is 1. The Kier molecular flexibility index (Phi) is 7.78. The van der Waals surface area contributed by atoms with Gasteiger partial charge in [-0.2, -0.15) is 13.2 Å². The third kappa shape index (κ3) is 5.48. The maximum atomic E-state index is 12.3. The largest absolute Gasteiger partial charge is 0.389 e. The van der Waals surface area contributed by atoms with E-state index in [0.717, 1.165) is 40.2 Å². The Morgan fingerprint density at radius 3 is 2.50 bits per heavy atom. The molecule has 10 heteroatoms. The first kappa shape index (κ1) is 25.5. The Hall–Kier alpha value is -3.17. The summed E-state index contributed by atoms with van der Waals surface area (Å²) in [5.41, 5.74) is 4.69. The number of likely N-dealkylation sites (tertiary alicyclic amines) is 1. The van der Waals surface area contributed by atoms with Crippen LogP contribution < -0.4 is 4.90 Å². The Bertz CT molecular complexity index is 1140. The van der Waals surface area contributed by atoms with E-state index in [9.17, 15) is 18.0 Å². The molecule has 3 aromatic rings. The number of alkyl halides is 3. The molecule has 1 amide bonds. The Labute approximate surface area is 197 Å². The molecule has 1 aliphatic rings. The molecule has 0 atom stereocenters. The minimum Gasteiger partial charge on any atom is -0.341 e. The van der Waals surface area contributed by atoms with Crippen LogP contribution in [0.3, 0.4) is 0 Å². The summed E-state index contributed by atoms with van der Waals surface area (Å²) in [6, 6.07) is 4.00. The molecule has 0 spiro atoms. The van der Waals surface area contributed by atoms with Crippen molar-refractivity contribution in [3.05, 3.63) is 42.1 Å². The van der Waals surface area contributed by atoms with E-state index in [1.807, 2.05) is 49.5 Å². The van der Waals surface area contributed by atoms with Crippen LogP contribution in [0.25, 0.3) is 11.0 Å². The summed E-state index contributed by atoms with van der Waals surface area (Å²) in [4.78, 5) is 28.8. The molecule has 0 aromatic carbocycles. The molecule has 1 fully saturated rings. The van der Waals surface area contributed by atoms with Crippen molar-refractivity contribution in [2.24, 2.45) is 7.05 Å². The number of hydrogen-bond acceptors (Lipinski definition) is 5. The summed E-state index contributed by atoms with van der Waals surface area (Å²) < 4.78 is 39.0. The van der Waals surface area contributed by atoms with E-state index in [1.54, 1.807) is 18.7 Å². The fraction of sp³-hybridized carbons (Fsp3) is 0.500. The minimum absolute atomic E-state index is 0.0402. The van der Waals surface area contributed by atoms with E-state index in [2.05, 4.69) is 21.9 Å². The van der Waals surface area contributed by atoms with Gasteiger partial charge in [0.2, 0.25) is 5.91 Å². The SMILES string of the molecule is CC.CCc1cc(C2CN(C(=O)CCC(F)(F)F)C2)ncc1N(C)c1cc2c(cn1)ncn2C. The number of halogens is 3. The smallest absolute Gasteiger partial charge is 0.341 e. The predicted molar refractivity (Wildman–Crippen MR) is 126 cm³/mol. The molecule has 0 aliphatic carbocycles. The molecule has 7 nitrogen and oxygen atoms in total. The fourth-order valence-electron chi connectivity index (χ4n) is 3.92. The number of carbonyl (C=O) groups excluding carboxylic acids is 1. The molecule has 0 N–H and O–H groups in total. The minimum atomic E-state index is -4.31. The second-order valence-corrected chi connectivity index (χ2v) is 8.15. The maximum absolute atomic E-state index is 12.3. The second kappa shape index (κ2) is 10.4. The highest BCUT2D eigenvalue weighted by molar-refractivity contribution is 5.79. The van der Waals surface area contributed by atoms with Crippen LogP contribution in [0.1, 0.15) is 50.8 Å². The quantitative estimate of drug-likeness (QED) is 0.502. The van der Waals surface area contributed by atoms with Crippen LogP contribution >= 0.6 is 0 Å². The van der Waals surface area contributed by atoms with Crippen molar-refractivity contribution in [1.29, 1.82) is 0 Å². The van der Waals surface area contributed by atoms with Gasteiger partial charge < -0.3 is 14.4 Å². The first-order chi connectivity index (χ1) is 16.2. The Morgan fingerprint density at radius 2 is 1.85 bits per heavy atom. The van der Waals surface area contributed by atoms with Crippen molar-refractivity contribution >= 4 is 28.4 Å². The molecule has 0 radical (unpaired) electrons. The summed E-state index contributed by atoms with van der Waals surface area (Å²) in [5, 5.41) is 0. The van der Waals surface area contributed by atoms with Gasteiger partial charge in [-0.25, -0.2) is 9.97 Å². The molecule has 0 bridgehead atoms. The van der Waals surface area contributed by atoms with E-state index >= 15 is 0 Å². The average Bonchev–Trinajstić information content (AvgIpc) is 3.17. The monoisotopic (exact) mass is 476 g/mol. The number of amides is 1. The van der Waals surface area contributed by atoms with Gasteiger partial charge in [-0.3, -0.25) is 9.78 Å². The summed E-state index contributed by atoms with van der Waals surface area (Å²) in [7, 11) is 3.87. The number of aromatic nitrogens is 4. The number of hydrogen-bond donors (Lipinski definition) is 0. The van der Waals surface area contributed by atoms with Gasteiger partial charge in [0, 0.05) is 51.3 Å². The van der Waals surface area contributed by atoms with E-state index in [0.29, 0.717) is 13.1 Å². The summed E-state index contributed by atoms with van der Waals surface area (Å²) >= 11 is 0. The van der Waals surface area contributed by atoms with Crippen LogP contribution in [-0.4, -0.2) is 56.6 Å². The molecular formula is C24H31F3N6O. The van der Waals surface area contributed by atoms with Gasteiger partial charge in [0.15, 0.2) is 0 Å². The summed E-state index contributed by atoms with van der Waals surface area (Å²) in [5.74, 6) is 0.358. The number of nitrogens with zero attached hydrogens (tertiary/aromatic N) is 6. The van der Waals surface area contributed by atoms with E-state index in [4.69, 9.17) is 0 Å². The summed E-state index contributed by atoms with van der Waals surface area (Å²) in [6.07, 6.45) is 0.191. The van der Waals surface area contributed by atoms with E-state index in [-0.39, 0.29) is 5.92 Å². The molecule has 0 unspecified atom stereocenters. The lowest BCUT2D eigenvalue weighted by molar-refractivity contribution is -0.151. The highest BCUT2D eigenvalue weighted by atomic mass is 19.4. The van der Waals surface area contributed by atoms with Gasteiger partial charge in [0.25, 0.3) is 0 Å². The molecule has 3 aromatic heterocycles. The lowest BCUT2D eigenvalue weighted by Gasteiger charge is -2.39. The van der Waals surface area contributed by atoms with Crippen LogP contribution in [0.15, 0.2) is 30.9 Å². The van der Waals surface area contributed by atoms with Crippen LogP contribution in [0.4, 0.5) is 24.7 Å². The number of rotatable bonds is 6. The number of anilines is 2. The molecule has 1 saturated heterocycles. The first-order valence-electron chi connectivity index (χ1n) is 11.5. The highest BCUT2D eigenvalue weighted by Gasteiger charge is 2.35. The first-order valence-corrected chi connectivity index (χ1v) is 11.5. The van der Waals surface area contributed by atoms with Crippen molar-refractivity contribution in [2.45, 2.75) is 52.1 Å². The zero-order valence-electron chi connectivity index (χ0n) is 20.2. The normalized spacial score (nSPS) is 13.9. The van der Waals surface area contributed by atoms with Gasteiger partial charge >= 0.3 is 6.18 Å². The maximum Gasteiger partial charge on any atom is 0.389 e. The molecule has 1 aliphatic heterocycles. The third-order valence-electron chi connectivity index (χ3n) is 5.95. The fourth-order valence-corrected chi connectivity index (χ4v) is 3.92. The average molecular weight is 477 g/mol. The molecular weight excluding hydrogens is 445 g/mol. The Morgan fingerprint density at radius 1 is 1.15 bits per heavy atom. The van der Waals surface area contributed by atoms with Crippen molar-refractivity contribution in [3.63, 3.8) is 0 Å². The predicted octanol–water partition coefficient (Wildman–Crippen LogP) is 4.99. The van der Waals surface area contributed by atoms with Crippen molar-refractivity contribution in [2.75, 3.05) is 25.0 Å². The molecule has 34 heavy (non-hydrogen) atoms. The van der Waals surface area contributed by atoms with Crippen LogP contribution in [0, 0.1) is 0 Å². The van der Waals surface area contributed by atoms with Crippen LogP contribution in [0.2, 0.25) is 0 Å². The standard InChI is InChI=1S/C22H25F3N6O.C2H6/c1-4-14-7-16(15-11-31(12-15)21(32)5-6-22(23,24)25)26-10-19(14)30(3)20-8-18-17(9-27-20)28-13-29(18)2;1-2/h7-10,13,15H,4-6,11-12H2,1-3H3;1-2H3. The molecule has 184 valence electrons. The van der Waals surface area contributed by atoms with E-state index in [1.165, 1.54) is 4.90 Å². The zero-order chi connectivity index (χ0) is 25.0. The van der Waals surface area contributed by atoms with Gasteiger partial charge in [0.05, 0.1) is 36.3 Å². The lowest BCUT2D eigenvalue weighted by Crippen LogP contribution is -2.48. The van der Waals surface area contributed by atoms with Crippen LogP contribution in [-0.2, 0) is 18.3 Å². The van der Waals surface area contributed by atoms with Crippen molar-refractivity contribution in [3.8, 4) is 0 Å². The highest BCUT2D eigenvalue weighted by Crippen LogP contribution is 2.33. The van der Waals surface area contributed by atoms with Crippen LogP contribution in [0.5, 0.6) is 0 Å². The number of imidazole rings is 1. The molecule has 4 heterocycles. The lowest BCUT2D eigenvalue weighted by atomic mass is 9.93. The second-order valence-electron chi connectivity index (χ2n) is 8.15. The van der Waals surface area contributed by atoms with Gasteiger partial charge in [-0.05, 0) is 18.1 Å². The molecule has 4 rings (SSSR count). The number of aryl methyl sites for hydroxylation is 2. The van der Waals surface area contributed by atoms with Gasteiger partial charge in [-0.15, -0.1) is 0 Å². The molecule has 0 saturated carbocycles. The van der Waals surface area contributed by atoms with Gasteiger partial charge in [0.1, 0.15) is 11.3 Å². The van der Waals surface area contributed by atoms with Crippen molar-refractivity contribution in [1.82, 2.24) is 24.4 Å². The number of carbonyl (C=O) groups is 1. The topological polar surface area (TPSA) is 67.2 Å². The number of pyridine rings is 2. The van der Waals surface area contributed by atoms with Crippen molar-refractivity contribution < 1.29 is 18.0 Å². The van der Waals surface area contributed by atoms with Gasteiger partial charge in [-0.1, -0.05) is 20.8 Å². The third-order valence-corrected chi connectivity index (χ3v) is 5.95. The van der Waals surface area contributed by atoms with E-state index < -0.39 is 24.9 Å². The summed E-state index contributed by atoms with van der Waals surface area (Å²) in [6.45, 7) is 6.86. The zero-order valence-corrected chi connectivity index (χ0v) is 20.2. The Balaban J connectivity index is 0.00000158.